The fourth-order valence-corrected chi connectivity index (χ4v) is 7.21. The van der Waals surface area contributed by atoms with E-state index in [1.54, 1.807) is 30.3 Å². The zero-order valence-corrected chi connectivity index (χ0v) is 23.5. The van der Waals surface area contributed by atoms with Gasteiger partial charge in [0.05, 0.1) is 10.3 Å². The first-order valence-corrected chi connectivity index (χ1v) is 15.3. The molecule has 0 bridgehead atoms. The van der Waals surface area contributed by atoms with Gasteiger partial charge in [-0.2, -0.15) is 8.78 Å². The minimum atomic E-state index is -5.53. The van der Waals surface area contributed by atoms with Gasteiger partial charge in [-0.1, -0.05) is 22.3 Å². The third kappa shape index (κ3) is 5.54. The van der Waals surface area contributed by atoms with Gasteiger partial charge < -0.3 is 9.32 Å². The Kier molecular flexibility index (Phi) is 7.84. The fourth-order valence-electron chi connectivity index (χ4n) is 4.39. The summed E-state index contributed by atoms with van der Waals surface area (Å²) in [5.41, 5.74) is 2.47. The highest BCUT2D eigenvalue weighted by Gasteiger charge is 2.43. The maximum absolute atomic E-state index is 13.7. The summed E-state index contributed by atoms with van der Waals surface area (Å²) in [6.45, 7) is 8.11. The molecule has 4 rings (SSSR count). The number of hydrogen-bond acceptors (Lipinski definition) is 7. The summed E-state index contributed by atoms with van der Waals surface area (Å²) in [6, 6.07) is 16.4. The van der Waals surface area contributed by atoms with Crippen molar-refractivity contribution in [3.05, 3.63) is 66.0 Å². The Bertz CT molecular complexity index is 1780. The number of halogens is 2. The topological polar surface area (TPSA) is 109 Å². The van der Waals surface area contributed by atoms with Gasteiger partial charge in [-0.15, -0.1) is 0 Å². The van der Waals surface area contributed by atoms with Crippen molar-refractivity contribution in [1.29, 1.82) is 0 Å². The first-order chi connectivity index (χ1) is 18.3. The number of alkyl halides is 2. The number of anilines is 1. The van der Waals surface area contributed by atoms with Gasteiger partial charge in [0.1, 0.15) is 11.3 Å². The van der Waals surface area contributed by atoms with Crippen molar-refractivity contribution in [3.8, 4) is 22.5 Å². The van der Waals surface area contributed by atoms with Crippen molar-refractivity contribution >= 4 is 36.7 Å². The molecule has 0 aromatic heterocycles. The molecule has 0 saturated heterocycles. The van der Waals surface area contributed by atoms with Crippen molar-refractivity contribution in [3.63, 3.8) is 0 Å². The summed E-state index contributed by atoms with van der Waals surface area (Å²) in [6.07, 6.45) is 0. The molecule has 39 heavy (non-hydrogen) atoms. The highest BCUT2D eigenvalue weighted by atomic mass is 32.3. The fraction of sp³-hybridized carbons (Fsp3) is 0.296. The van der Waals surface area contributed by atoms with Gasteiger partial charge in [0.2, 0.25) is 0 Å². The van der Waals surface area contributed by atoms with Crippen molar-refractivity contribution < 1.29 is 30.0 Å². The summed E-state index contributed by atoms with van der Waals surface area (Å²) in [5, 5.41) is -3.09. The zero-order valence-electron chi connectivity index (χ0n) is 21.9. The highest BCUT2D eigenvalue weighted by Crippen LogP contribution is 2.43. The van der Waals surface area contributed by atoms with Crippen molar-refractivity contribution in [2.24, 2.45) is 4.99 Å². The maximum atomic E-state index is 13.7. The number of benzene rings is 3. The lowest BCUT2D eigenvalue weighted by Gasteiger charge is -2.23. The van der Waals surface area contributed by atoms with E-state index in [1.165, 1.54) is 22.3 Å². The molecule has 208 valence electrons. The number of hydrogen-bond donors (Lipinski definition) is 1. The molecule has 12 heteroatoms. The Morgan fingerprint density at radius 3 is 2.26 bits per heavy atom. The van der Waals surface area contributed by atoms with E-state index in [-0.39, 0.29) is 12.5 Å². The second-order valence-corrected chi connectivity index (χ2v) is 12.7. The number of rotatable bonds is 9. The first kappa shape index (κ1) is 28.7. The lowest BCUT2D eigenvalue weighted by atomic mass is 9.93. The van der Waals surface area contributed by atoms with Crippen molar-refractivity contribution in [1.82, 2.24) is 4.13 Å². The molecule has 0 saturated carbocycles. The highest BCUT2D eigenvalue weighted by molar-refractivity contribution is 8.05. The Labute approximate surface area is 226 Å². The smallest absolute Gasteiger partial charge is 0.357 e. The molecular formula is C27H29F2N3O5S2. The summed E-state index contributed by atoms with van der Waals surface area (Å²) >= 11 is 0. The van der Waals surface area contributed by atoms with Crippen molar-refractivity contribution in [2.75, 3.05) is 24.5 Å². The molecule has 0 atom stereocenters. The van der Waals surface area contributed by atoms with E-state index in [0.29, 0.717) is 39.8 Å². The Morgan fingerprint density at radius 1 is 0.923 bits per heavy atom. The molecule has 1 aliphatic heterocycles. The Balaban J connectivity index is 2.07. The van der Waals surface area contributed by atoms with Crippen LogP contribution in [0, 0.1) is 0 Å². The molecule has 8 nitrogen and oxygen atoms in total. The Hall–Kier alpha value is -3.35. The molecule has 0 unspecified atom stereocenters. The van der Waals surface area contributed by atoms with Gasteiger partial charge in [-0.3, -0.25) is 4.99 Å². The number of nitrogens with zero attached hydrogens (tertiary/aromatic N) is 2. The van der Waals surface area contributed by atoms with Crippen LogP contribution in [-0.2, 0) is 20.0 Å². The molecule has 0 radical (unpaired) electrons. The van der Waals surface area contributed by atoms with Gasteiger partial charge in [0.25, 0.3) is 20.0 Å². The van der Waals surface area contributed by atoms with Crippen LogP contribution < -0.4 is 14.4 Å². The molecule has 1 N–H and O–H groups in total. The Morgan fingerprint density at radius 2 is 1.62 bits per heavy atom. The van der Waals surface area contributed by atoms with Crippen LogP contribution in [0.4, 0.5) is 14.5 Å². The third-order valence-corrected chi connectivity index (χ3v) is 9.93. The van der Waals surface area contributed by atoms with Gasteiger partial charge in [-0.05, 0) is 51.1 Å². The number of fused-ring (bicyclic) bond motifs is 2. The van der Waals surface area contributed by atoms with E-state index >= 15 is 0 Å². The van der Waals surface area contributed by atoms with E-state index in [2.05, 4.69) is 9.89 Å². The number of nitrogens with one attached hydrogen (secondary N) is 1. The SMILES string of the molecule is CCN=c1ccc2c(-c3ccccc3S(=O)(=O)NS(=O)(=O)C(C)(F)F)c3ccc(N(CC)CC)cc3oc-2c1. The van der Waals surface area contributed by atoms with Crippen LogP contribution in [0.25, 0.3) is 33.4 Å². The molecular weight excluding hydrogens is 548 g/mol. The van der Waals surface area contributed by atoms with Crippen LogP contribution in [-0.4, -0.2) is 41.7 Å². The number of sulfonamides is 2. The molecule has 1 aliphatic carbocycles. The van der Waals surface area contributed by atoms with Crippen LogP contribution in [0.5, 0.6) is 0 Å². The molecule has 1 heterocycles. The van der Waals surface area contributed by atoms with Crippen LogP contribution in [0.3, 0.4) is 0 Å². The summed E-state index contributed by atoms with van der Waals surface area (Å²) in [7, 11) is -10.5. The van der Waals surface area contributed by atoms with E-state index in [1.807, 2.05) is 32.9 Å². The normalized spacial score (nSPS) is 13.3. The summed E-state index contributed by atoms with van der Waals surface area (Å²) < 4.78 is 85.6. The lowest BCUT2D eigenvalue weighted by molar-refractivity contribution is 0.113. The summed E-state index contributed by atoms with van der Waals surface area (Å²) in [5.74, 6) is 0.428. The van der Waals surface area contributed by atoms with Crippen LogP contribution in [0.2, 0.25) is 0 Å². The first-order valence-electron chi connectivity index (χ1n) is 12.3. The minimum Gasteiger partial charge on any atom is -0.456 e. The molecule has 0 spiro atoms. The van der Waals surface area contributed by atoms with Gasteiger partial charge in [0, 0.05) is 66.5 Å². The molecule has 0 amide bonds. The lowest BCUT2D eigenvalue weighted by Crippen LogP contribution is -2.41. The van der Waals surface area contributed by atoms with Crippen LogP contribution in [0.1, 0.15) is 27.7 Å². The molecule has 0 fully saturated rings. The van der Waals surface area contributed by atoms with E-state index in [0.717, 1.165) is 18.8 Å². The average Bonchev–Trinajstić information content (AvgIpc) is 2.87. The van der Waals surface area contributed by atoms with E-state index < -0.39 is 30.2 Å². The van der Waals surface area contributed by atoms with Crippen molar-refractivity contribution in [2.45, 2.75) is 37.8 Å². The minimum absolute atomic E-state index is 0.114. The predicted octanol–water partition coefficient (Wildman–Crippen LogP) is 5.19. The zero-order chi connectivity index (χ0) is 28.6. The standard InChI is InChI=1S/C27H29F2N3O5S2/c1-5-30-18-12-14-20-23(16-18)37-24-17-19(32(6-2)7-3)13-15-21(24)26(20)22-10-8-9-11-25(22)38(33,34)31-39(35,36)27(4,28)29/h8-17,31H,5-7H2,1-4H3. The molecule has 2 aliphatic rings. The van der Waals surface area contributed by atoms with Gasteiger partial charge in [0.15, 0.2) is 0 Å². The van der Waals surface area contributed by atoms with Crippen LogP contribution >= 0.6 is 0 Å². The maximum Gasteiger partial charge on any atom is 0.357 e. The van der Waals surface area contributed by atoms with Crippen LogP contribution in [0.15, 0.2) is 75.0 Å². The average molecular weight is 578 g/mol. The van der Waals surface area contributed by atoms with Gasteiger partial charge in [-0.25, -0.2) is 16.8 Å². The quantitative estimate of drug-likeness (QED) is 0.274. The van der Waals surface area contributed by atoms with E-state index in [9.17, 15) is 25.6 Å². The molecule has 2 aromatic rings. The monoisotopic (exact) mass is 577 g/mol. The second-order valence-electron chi connectivity index (χ2n) is 8.88. The third-order valence-electron chi connectivity index (χ3n) is 6.30. The van der Waals surface area contributed by atoms with Gasteiger partial charge >= 0.3 is 5.25 Å². The van der Waals surface area contributed by atoms with E-state index in [4.69, 9.17) is 4.42 Å². The molecule has 2 aromatic carbocycles. The second kappa shape index (κ2) is 10.7. The predicted molar refractivity (Wildman–Crippen MR) is 148 cm³/mol. The summed E-state index contributed by atoms with van der Waals surface area (Å²) in [4.78, 5) is 6.07. The largest absolute Gasteiger partial charge is 0.456 e.